The summed E-state index contributed by atoms with van der Waals surface area (Å²) in [4.78, 5) is 16.8. The van der Waals surface area contributed by atoms with E-state index < -0.39 is 0 Å². The number of aryl methyl sites for hydroxylation is 1. The van der Waals surface area contributed by atoms with Crippen molar-refractivity contribution in [2.75, 3.05) is 30.4 Å². The van der Waals surface area contributed by atoms with E-state index in [9.17, 15) is 5.26 Å². The molecular weight excluding hydrogens is 460 g/mol. The number of nitrogens with one attached hydrogen (secondary N) is 1. The minimum Gasteiger partial charge on any atom is -0.497 e. The summed E-state index contributed by atoms with van der Waals surface area (Å²) in [7, 11) is 1.63. The fraction of sp³-hybridized carbons (Fsp3) is 0.200. The number of para-hydroxylation sites is 1. The lowest BCUT2D eigenvalue weighted by atomic mass is 9.97. The van der Waals surface area contributed by atoms with Gasteiger partial charge in [-0.1, -0.05) is 42.0 Å². The second-order valence-corrected chi connectivity index (χ2v) is 8.76. The van der Waals surface area contributed by atoms with Gasteiger partial charge in [0.1, 0.15) is 23.2 Å². The minimum atomic E-state index is 0.275. The Balaban J connectivity index is 1.75. The highest BCUT2D eigenvalue weighted by Gasteiger charge is 2.24. The molecule has 0 unspecified atom stereocenters. The zero-order valence-electron chi connectivity index (χ0n) is 21.4. The van der Waals surface area contributed by atoms with Crippen LogP contribution in [0.2, 0.25) is 0 Å². The van der Waals surface area contributed by atoms with Gasteiger partial charge in [0, 0.05) is 35.7 Å². The van der Waals surface area contributed by atoms with Crippen LogP contribution in [0.3, 0.4) is 0 Å². The van der Waals surface area contributed by atoms with Crippen molar-refractivity contribution in [3.8, 4) is 11.8 Å². The highest BCUT2D eigenvalue weighted by Crippen LogP contribution is 2.34. The molecule has 0 spiro atoms. The highest BCUT2D eigenvalue weighted by molar-refractivity contribution is 6.18. The van der Waals surface area contributed by atoms with E-state index >= 15 is 0 Å². The minimum absolute atomic E-state index is 0.275. The summed E-state index contributed by atoms with van der Waals surface area (Å²) in [6, 6.07) is 24.2. The Morgan fingerprint density at radius 1 is 1.00 bits per heavy atom. The molecule has 5 rings (SSSR count). The number of hydrogen-bond donors (Lipinski definition) is 1. The highest BCUT2D eigenvalue weighted by atomic mass is 16.5. The van der Waals surface area contributed by atoms with Gasteiger partial charge in [0.2, 0.25) is 0 Å². The van der Waals surface area contributed by atoms with Gasteiger partial charge in [-0.25, -0.2) is 15.0 Å². The lowest BCUT2D eigenvalue weighted by molar-refractivity contribution is 0.415. The molecule has 0 saturated carbocycles. The maximum absolute atomic E-state index is 10.4. The number of aliphatic imine (C=N–C) groups is 1. The molecule has 0 atom stereocenters. The Bertz CT molecular complexity index is 1580. The molecule has 1 aliphatic rings. The molecule has 37 heavy (non-hydrogen) atoms. The van der Waals surface area contributed by atoms with Crippen LogP contribution in [0.1, 0.15) is 36.4 Å². The van der Waals surface area contributed by atoms with Crippen LogP contribution >= 0.6 is 0 Å². The van der Waals surface area contributed by atoms with Crippen LogP contribution in [0.15, 0.2) is 77.5 Å². The molecule has 0 fully saturated rings. The van der Waals surface area contributed by atoms with Gasteiger partial charge in [-0.3, -0.25) is 0 Å². The molecule has 2 heterocycles. The molecule has 7 heteroatoms. The number of fused-ring (bicyclic) bond motifs is 2. The second kappa shape index (κ2) is 10.1. The average Bonchev–Trinajstić information content (AvgIpc) is 2.93. The Morgan fingerprint density at radius 2 is 1.76 bits per heavy atom. The number of allylic oxidation sites excluding steroid dienone is 1. The zero-order valence-corrected chi connectivity index (χ0v) is 21.4. The lowest BCUT2D eigenvalue weighted by Crippen LogP contribution is -2.24. The largest absolute Gasteiger partial charge is 0.497 e. The van der Waals surface area contributed by atoms with Crippen molar-refractivity contribution in [2.24, 2.45) is 4.99 Å². The predicted octanol–water partition coefficient (Wildman–Crippen LogP) is 5.95. The maximum atomic E-state index is 10.4. The fourth-order valence-corrected chi connectivity index (χ4v) is 4.48. The van der Waals surface area contributed by atoms with Crippen LogP contribution in [0, 0.1) is 18.3 Å². The average molecular weight is 489 g/mol. The Morgan fingerprint density at radius 3 is 2.46 bits per heavy atom. The van der Waals surface area contributed by atoms with Crippen molar-refractivity contribution in [1.29, 1.82) is 5.26 Å². The summed E-state index contributed by atoms with van der Waals surface area (Å²) >= 11 is 0. The van der Waals surface area contributed by atoms with Crippen molar-refractivity contribution in [2.45, 2.75) is 20.8 Å². The van der Waals surface area contributed by atoms with Crippen LogP contribution in [0.4, 0.5) is 11.5 Å². The first-order chi connectivity index (χ1) is 18.1. The summed E-state index contributed by atoms with van der Waals surface area (Å²) in [6.07, 6.45) is 0. The van der Waals surface area contributed by atoms with E-state index in [0.29, 0.717) is 17.4 Å². The van der Waals surface area contributed by atoms with Crippen molar-refractivity contribution < 1.29 is 4.74 Å². The van der Waals surface area contributed by atoms with Gasteiger partial charge in [-0.05, 0) is 45.0 Å². The van der Waals surface area contributed by atoms with E-state index in [4.69, 9.17) is 19.7 Å². The molecule has 0 aliphatic carbocycles. The summed E-state index contributed by atoms with van der Waals surface area (Å²) in [5.74, 6) is 2.25. The number of nitrogens with zero attached hydrogens (tertiary/aromatic N) is 5. The quantitative estimate of drug-likeness (QED) is 0.338. The van der Waals surface area contributed by atoms with Gasteiger partial charge in [0.25, 0.3) is 0 Å². The molecule has 1 aliphatic heterocycles. The predicted molar refractivity (Wildman–Crippen MR) is 149 cm³/mol. The summed E-state index contributed by atoms with van der Waals surface area (Å²) in [6.45, 7) is 7.81. The first-order valence-corrected chi connectivity index (χ1v) is 12.3. The molecule has 0 amide bonds. The number of benzene rings is 3. The smallest absolute Gasteiger partial charge is 0.176 e. The molecule has 3 aromatic carbocycles. The van der Waals surface area contributed by atoms with E-state index in [1.807, 2.05) is 54.6 Å². The zero-order chi connectivity index (χ0) is 25.9. The molecule has 1 aromatic heterocycles. The van der Waals surface area contributed by atoms with E-state index in [2.05, 4.69) is 49.2 Å². The Hall–Kier alpha value is -4.70. The van der Waals surface area contributed by atoms with Gasteiger partial charge in [0.05, 0.1) is 24.0 Å². The molecule has 1 N–H and O–H groups in total. The van der Waals surface area contributed by atoms with Crippen LogP contribution in [0.5, 0.6) is 5.75 Å². The third-order valence-electron chi connectivity index (χ3n) is 6.50. The topological polar surface area (TPSA) is 86.4 Å². The van der Waals surface area contributed by atoms with Crippen LogP contribution in [-0.2, 0) is 0 Å². The number of ether oxygens (including phenoxy) is 1. The Kier molecular flexibility index (Phi) is 6.57. The number of methoxy groups -OCH3 is 1. The summed E-state index contributed by atoms with van der Waals surface area (Å²) in [5, 5.41) is 14.7. The van der Waals surface area contributed by atoms with Gasteiger partial charge in [-0.2, -0.15) is 5.26 Å². The van der Waals surface area contributed by atoms with Gasteiger partial charge in [-0.15, -0.1) is 0 Å². The monoisotopic (exact) mass is 488 g/mol. The first-order valence-electron chi connectivity index (χ1n) is 12.3. The summed E-state index contributed by atoms with van der Waals surface area (Å²) in [5.41, 5.74) is 5.67. The number of rotatable bonds is 6. The van der Waals surface area contributed by atoms with Gasteiger partial charge >= 0.3 is 0 Å². The third kappa shape index (κ3) is 4.50. The van der Waals surface area contributed by atoms with Crippen molar-refractivity contribution >= 4 is 33.7 Å². The second-order valence-electron chi connectivity index (χ2n) is 8.76. The van der Waals surface area contributed by atoms with E-state index in [-0.39, 0.29) is 5.57 Å². The fourth-order valence-electron chi connectivity index (χ4n) is 4.48. The van der Waals surface area contributed by atoms with E-state index in [1.54, 1.807) is 7.11 Å². The number of aromatic nitrogens is 2. The van der Waals surface area contributed by atoms with E-state index in [1.165, 1.54) is 0 Å². The van der Waals surface area contributed by atoms with E-state index in [0.717, 1.165) is 57.9 Å². The summed E-state index contributed by atoms with van der Waals surface area (Å²) < 4.78 is 5.47. The molecule has 4 aromatic rings. The molecule has 7 nitrogen and oxygen atoms in total. The number of anilines is 2. The van der Waals surface area contributed by atoms with Gasteiger partial charge in [0.15, 0.2) is 11.6 Å². The van der Waals surface area contributed by atoms with Crippen LogP contribution in [-0.4, -0.2) is 35.9 Å². The number of nitriles is 1. The normalized spacial score (nSPS) is 13.8. The molecule has 184 valence electrons. The SMILES string of the molecule is CCN(CC)c1nc(/C(C#N)=C2\N=C(c3ccc(C)cc3)c3ccc(OC)cc3N2)nc2ccccc12. The van der Waals surface area contributed by atoms with Gasteiger partial charge < -0.3 is 15.0 Å². The lowest BCUT2D eigenvalue weighted by Gasteiger charge is -2.23. The Labute approximate surface area is 216 Å². The van der Waals surface area contributed by atoms with Crippen molar-refractivity contribution in [1.82, 2.24) is 9.97 Å². The third-order valence-corrected chi connectivity index (χ3v) is 6.50. The van der Waals surface area contributed by atoms with Crippen molar-refractivity contribution in [3.63, 3.8) is 0 Å². The standard InChI is InChI=1S/C30H28N6O/c1-5-36(6-2)30-23-9-7-8-10-25(23)32-29(35-30)24(18-31)28-33-26-17-21(37-4)15-16-22(26)27(34-28)20-13-11-19(3)12-14-20/h7-17,33H,5-6H2,1-4H3/b28-24-. The molecular formula is C30H28N6O. The van der Waals surface area contributed by atoms with Crippen LogP contribution < -0.4 is 15.0 Å². The maximum Gasteiger partial charge on any atom is 0.176 e. The number of hydrogen-bond acceptors (Lipinski definition) is 7. The van der Waals surface area contributed by atoms with Crippen molar-refractivity contribution in [3.05, 3.63) is 95.1 Å². The molecule has 0 saturated heterocycles. The first kappa shape index (κ1) is 24.0. The van der Waals surface area contributed by atoms with Crippen LogP contribution in [0.25, 0.3) is 16.5 Å². The molecule has 0 radical (unpaired) electrons. The molecule has 0 bridgehead atoms.